The van der Waals surface area contributed by atoms with Crippen molar-refractivity contribution in [3.8, 4) is 0 Å². The zero-order valence-corrected chi connectivity index (χ0v) is 7.46. The fourth-order valence-electron chi connectivity index (χ4n) is 0.746. The predicted octanol–water partition coefficient (Wildman–Crippen LogP) is 0.734. The molecule has 0 bridgehead atoms. The smallest absolute Gasteiger partial charge is 0.327 e. The van der Waals surface area contributed by atoms with Crippen molar-refractivity contribution in [1.82, 2.24) is 0 Å². The second kappa shape index (κ2) is 8.37. The molecule has 0 aromatic carbocycles. The van der Waals surface area contributed by atoms with Crippen LogP contribution in [-0.2, 0) is 4.52 Å². The van der Waals surface area contributed by atoms with Crippen LogP contribution in [0.3, 0.4) is 0 Å². The Morgan fingerprint density at radius 3 is 2.27 bits per heavy atom. The molecule has 0 fully saturated rings. The maximum atomic E-state index is 8.33. The summed E-state index contributed by atoms with van der Waals surface area (Å²) in [5.41, 5.74) is 5.28. The van der Waals surface area contributed by atoms with Crippen LogP contribution in [0.15, 0.2) is 0 Å². The highest BCUT2D eigenvalue weighted by Gasteiger charge is 1.97. The van der Waals surface area contributed by atoms with Gasteiger partial charge in [-0.1, -0.05) is 12.8 Å². The molecular weight excluding hydrogens is 165 g/mol. The molecule has 0 saturated carbocycles. The fourth-order valence-corrected chi connectivity index (χ4v) is 1.04. The van der Waals surface area contributed by atoms with Gasteiger partial charge in [0.1, 0.15) is 0 Å². The maximum Gasteiger partial charge on any atom is 0.327 e. The van der Waals surface area contributed by atoms with Crippen LogP contribution in [0.25, 0.3) is 0 Å². The van der Waals surface area contributed by atoms with Crippen molar-refractivity contribution in [2.45, 2.75) is 25.7 Å². The molecule has 0 atom stereocenters. The summed E-state index contributed by atoms with van der Waals surface area (Å²) in [5, 5.41) is 0. The number of unbranched alkanes of at least 4 members (excludes halogenated alkanes) is 3. The Morgan fingerprint density at radius 2 is 1.73 bits per heavy atom. The Hall–Kier alpha value is 0.270. The first-order valence-electron chi connectivity index (χ1n) is 3.78. The molecule has 0 aromatic heterocycles. The maximum absolute atomic E-state index is 8.33. The van der Waals surface area contributed by atoms with Crippen molar-refractivity contribution >= 4 is 8.60 Å². The lowest BCUT2D eigenvalue weighted by atomic mass is 10.2. The van der Waals surface area contributed by atoms with Gasteiger partial charge in [0.25, 0.3) is 0 Å². The standard InChI is InChI=1S/C6H16NO3P/c7-5-3-1-2-4-6-10-11(8)9/h8-9H,1-7H2. The van der Waals surface area contributed by atoms with E-state index in [4.69, 9.17) is 15.5 Å². The van der Waals surface area contributed by atoms with Gasteiger partial charge < -0.3 is 20.0 Å². The highest BCUT2D eigenvalue weighted by atomic mass is 31.2. The summed E-state index contributed by atoms with van der Waals surface area (Å²) in [6.45, 7) is 1.16. The summed E-state index contributed by atoms with van der Waals surface area (Å²) in [4.78, 5) is 16.7. The van der Waals surface area contributed by atoms with Gasteiger partial charge in [-0.3, -0.25) is 0 Å². The zero-order chi connectivity index (χ0) is 8.53. The van der Waals surface area contributed by atoms with Crippen LogP contribution in [-0.4, -0.2) is 22.9 Å². The van der Waals surface area contributed by atoms with Crippen LogP contribution in [0.1, 0.15) is 25.7 Å². The van der Waals surface area contributed by atoms with Gasteiger partial charge in [-0.2, -0.15) is 0 Å². The molecule has 0 aliphatic rings. The van der Waals surface area contributed by atoms with Gasteiger partial charge in [-0.25, -0.2) is 0 Å². The quantitative estimate of drug-likeness (QED) is 0.400. The van der Waals surface area contributed by atoms with Gasteiger partial charge in [0.15, 0.2) is 0 Å². The van der Waals surface area contributed by atoms with Gasteiger partial charge in [0.05, 0.1) is 6.61 Å². The largest absolute Gasteiger partial charge is 0.330 e. The minimum absolute atomic E-state index is 0.434. The van der Waals surface area contributed by atoms with Crippen LogP contribution in [0, 0.1) is 0 Å². The van der Waals surface area contributed by atoms with Crippen LogP contribution in [0.2, 0.25) is 0 Å². The van der Waals surface area contributed by atoms with Crippen LogP contribution >= 0.6 is 8.60 Å². The lowest BCUT2D eigenvalue weighted by Crippen LogP contribution is -1.98. The van der Waals surface area contributed by atoms with E-state index in [1.165, 1.54) is 0 Å². The molecule has 11 heavy (non-hydrogen) atoms. The van der Waals surface area contributed by atoms with Crippen LogP contribution in [0.5, 0.6) is 0 Å². The summed E-state index contributed by atoms with van der Waals surface area (Å²) in [6, 6.07) is 0. The third-order valence-corrected chi connectivity index (χ3v) is 1.72. The number of hydrogen-bond donors (Lipinski definition) is 3. The van der Waals surface area contributed by atoms with E-state index in [1.807, 2.05) is 0 Å². The van der Waals surface area contributed by atoms with Crippen molar-refractivity contribution in [2.75, 3.05) is 13.2 Å². The van der Waals surface area contributed by atoms with Crippen LogP contribution in [0.4, 0.5) is 0 Å². The van der Waals surface area contributed by atoms with E-state index in [0.29, 0.717) is 6.61 Å². The highest BCUT2D eigenvalue weighted by Crippen LogP contribution is 2.24. The van der Waals surface area contributed by atoms with Gasteiger partial charge in [-0.15, -0.1) is 0 Å². The molecule has 0 aliphatic carbocycles. The molecule has 0 radical (unpaired) electrons. The third-order valence-electron chi connectivity index (χ3n) is 1.31. The average Bonchev–Trinajstić information content (AvgIpc) is 1.96. The van der Waals surface area contributed by atoms with E-state index in [0.717, 1.165) is 32.2 Å². The van der Waals surface area contributed by atoms with E-state index in [1.54, 1.807) is 0 Å². The first-order chi connectivity index (χ1) is 5.27. The molecule has 0 heterocycles. The fraction of sp³-hybridized carbons (Fsp3) is 1.00. The topological polar surface area (TPSA) is 75.7 Å². The highest BCUT2D eigenvalue weighted by molar-refractivity contribution is 7.39. The van der Waals surface area contributed by atoms with E-state index in [2.05, 4.69) is 4.52 Å². The average molecular weight is 181 g/mol. The Bertz CT molecular complexity index is 82.2. The van der Waals surface area contributed by atoms with Crippen molar-refractivity contribution in [1.29, 1.82) is 0 Å². The molecule has 0 aromatic rings. The molecule has 4 nitrogen and oxygen atoms in total. The molecule has 0 rings (SSSR count). The molecular formula is C6H16NO3P. The molecule has 4 N–H and O–H groups in total. The first kappa shape index (κ1) is 11.3. The van der Waals surface area contributed by atoms with Crippen LogP contribution < -0.4 is 5.73 Å². The van der Waals surface area contributed by atoms with E-state index in [9.17, 15) is 0 Å². The van der Waals surface area contributed by atoms with Gasteiger partial charge in [-0.05, 0) is 19.4 Å². The van der Waals surface area contributed by atoms with Gasteiger partial charge >= 0.3 is 8.60 Å². The minimum Gasteiger partial charge on any atom is -0.330 e. The SMILES string of the molecule is NCCCCCCOP(O)O. The second-order valence-corrected chi connectivity index (χ2v) is 3.05. The van der Waals surface area contributed by atoms with Crippen molar-refractivity contribution < 1.29 is 14.3 Å². The molecule has 0 aliphatic heterocycles. The molecule has 0 saturated heterocycles. The number of rotatable bonds is 7. The van der Waals surface area contributed by atoms with Crippen molar-refractivity contribution in [3.63, 3.8) is 0 Å². The second-order valence-electron chi connectivity index (χ2n) is 2.29. The molecule has 68 valence electrons. The normalized spacial score (nSPS) is 10.9. The summed E-state index contributed by atoms with van der Waals surface area (Å²) in [7, 11) is -2.15. The Kier molecular flexibility index (Phi) is 8.57. The zero-order valence-electron chi connectivity index (χ0n) is 6.57. The van der Waals surface area contributed by atoms with Crippen molar-refractivity contribution in [3.05, 3.63) is 0 Å². The predicted molar refractivity (Wildman–Crippen MR) is 44.8 cm³/mol. The third kappa shape index (κ3) is 10.3. The van der Waals surface area contributed by atoms with E-state index < -0.39 is 8.60 Å². The number of hydrogen-bond acceptors (Lipinski definition) is 4. The Balaban J connectivity index is 2.80. The monoisotopic (exact) mass is 181 g/mol. The molecule has 0 amide bonds. The lowest BCUT2D eigenvalue weighted by molar-refractivity contribution is 0.248. The Labute approximate surface area is 68.4 Å². The first-order valence-corrected chi connectivity index (χ1v) is 4.94. The van der Waals surface area contributed by atoms with Gasteiger partial charge in [0.2, 0.25) is 0 Å². The van der Waals surface area contributed by atoms with Gasteiger partial charge in [0, 0.05) is 0 Å². The van der Waals surface area contributed by atoms with E-state index in [-0.39, 0.29) is 0 Å². The summed E-state index contributed by atoms with van der Waals surface area (Å²) in [5.74, 6) is 0. The van der Waals surface area contributed by atoms with E-state index >= 15 is 0 Å². The Morgan fingerprint density at radius 1 is 1.09 bits per heavy atom. The van der Waals surface area contributed by atoms with Crippen molar-refractivity contribution in [2.24, 2.45) is 5.73 Å². The minimum atomic E-state index is -2.15. The summed E-state index contributed by atoms with van der Waals surface area (Å²) < 4.78 is 4.57. The summed E-state index contributed by atoms with van der Waals surface area (Å²) in [6.07, 6.45) is 4.04. The molecule has 0 spiro atoms. The number of nitrogens with two attached hydrogens (primary N) is 1. The summed E-state index contributed by atoms with van der Waals surface area (Å²) >= 11 is 0. The molecule has 5 heteroatoms. The lowest BCUT2D eigenvalue weighted by Gasteiger charge is -2.02. The molecule has 0 unspecified atom stereocenters.